The zero-order valence-electron chi connectivity index (χ0n) is 10.1. The maximum Gasteiger partial charge on any atom is 0.236 e. The number of hydrogen-bond donors (Lipinski definition) is 1. The molecule has 0 heterocycles. The second-order valence-electron chi connectivity index (χ2n) is 3.96. The summed E-state index contributed by atoms with van der Waals surface area (Å²) in [6.45, 7) is 9.71. The number of nitrogens with zero attached hydrogens (tertiary/aromatic N) is 1. The minimum atomic E-state index is 0.169. The lowest BCUT2D eigenvalue weighted by atomic mass is 10.0. The lowest BCUT2D eigenvalue weighted by molar-refractivity contribution is -0.128. The molecule has 0 saturated heterocycles. The van der Waals surface area contributed by atoms with E-state index in [0.717, 1.165) is 13.0 Å². The number of hydrogen-bond acceptors (Lipinski definition) is 2. The summed E-state index contributed by atoms with van der Waals surface area (Å²) in [6, 6.07) is 0.411. The smallest absolute Gasteiger partial charge is 0.236 e. The third-order valence-corrected chi connectivity index (χ3v) is 2.97. The zero-order chi connectivity index (χ0) is 11.1. The van der Waals surface area contributed by atoms with Crippen molar-refractivity contribution in [2.75, 3.05) is 20.1 Å². The first-order chi connectivity index (χ1) is 6.52. The Morgan fingerprint density at radius 3 is 2.36 bits per heavy atom. The normalized spacial score (nSPS) is 14.9. The Kier molecular flexibility index (Phi) is 6.54. The molecule has 0 aromatic heterocycles. The molecule has 0 rings (SSSR count). The SMILES string of the molecule is CCC(C)C(C)NCC(=O)N(C)CC. The maximum atomic E-state index is 11.5. The molecule has 3 nitrogen and oxygen atoms in total. The van der Waals surface area contributed by atoms with Gasteiger partial charge in [-0.3, -0.25) is 4.79 Å². The van der Waals surface area contributed by atoms with E-state index in [1.807, 2.05) is 14.0 Å². The molecule has 0 aromatic carbocycles. The second kappa shape index (κ2) is 6.82. The van der Waals surface area contributed by atoms with Crippen LogP contribution < -0.4 is 5.32 Å². The topological polar surface area (TPSA) is 32.3 Å². The number of likely N-dealkylation sites (N-methyl/N-ethyl adjacent to an activating group) is 1. The molecule has 1 N–H and O–H groups in total. The van der Waals surface area contributed by atoms with Gasteiger partial charge in [0.15, 0.2) is 0 Å². The van der Waals surface area contributed by atoms with Gasteiger partial charge in [0.05, 0.1) is 6.54 Å². The van der Waals surface area contributed by atoms with Crippen LogP contribution in [0.1, 0.15) is 34.1 Å². The van der Waals surface area contributed by atoms with Crippen LogP contribution in [-0.4, -0.2) is 37.0 Å². The van der Waals surface area contributed by atoms with Crippen molar-refractivity contribution in [3.05, 3.63) is 0 Å². The van der Waals surface area contributed by atoms with Crippen molar-refractivity contribution in [2.24, 2.45) is 5.92 Å². The monoisotopic (exact) mass is 200 g/mol. The number of carbonyl (C=O) groups excluding carboxylic acids is 1. The van der Waals surface area contributed by atoms with Crippen LogP contribution in [0, 0.1) is 5.92 Å². The Morgan fingerprint density at radius 2 is 1.93 bits per heavy atom. The molecular weight excluding hydrogens is 176 g/mol. The number of carbonyl (C=O) groups is 1. The Labute approximate surface area is 87.9 Å². The highest BCUT2D eigenvalue weighted by Crippen LogP contribution is 2.05. The molecule has 0 radical (unpaired) electrons. The number of amides is 1. The molecule has 0 fully saturated rings. The van der Waals surface area contributed by atoms with Crippen LogP contribution in [0.3, 0.4) is 0 Å². The van der Waals surface area contributed by atoms with Gasteiger partial charge in [0.2, 0.25) is 5.91 Å². The van der Waals surface area contributed by atoms with Crippen molar-refractivity contribution < 1.29 is 4.79 Å². The highest BCUT2D eigenvalue weighted by molar-refractivity contribution is 5.77. The van der Waals surface area contributed by atoms with E-state index in [9.17, 15) is 4.79 Å². The highest BCUT2D eigenvalue weighted by atomic mass is 16.2. The quantitative estimate of drug-likeness (QED) is 0.704. The Hall–Kier alpha value is -0.570. The fourth-order valence-corrected chi connectivity index (χ4v) is 1.11. The summed E-state index contributed by atoms with van der Waals surface area (Å²) in [6.07, 6.45) is 1.14. The van der Waals surface area contributed by atoms with E-state index in [-0.39, 0.29) is 5.91 Å². The molecule has 0 bridgehead atoms. The molecular formula is C11H24N2O. The van der Waals surface area contributed by atoms with Crippen LogP contribution in [0.15, 0.2) is 0 Å². The Bertz CT molecular complexity index is 171. The van der Waals surface area contributed by atoms with Gasteiger partial charge in [-0.15, -0.1) is 0 Å². The van der Waals surface area contributed by atoms with Crippen LogP contribution in [0.25, 0.3) is 0 Å². The predicted octanol–water partition coefficient (Wildman–Crippen LogP) is 1.49. The highest BCUT2D eigenvalue weighted by Gasteiger charge is 2.12. The van der Waals surface area contributed by atoms with Crippen molar-refractivity contribution >= 4 is 5.91 Å². The fourth-order valence-electron chi connectivity index (χ4n) is 1.11. The van der Waals surface area contributed by atoms with E-state index in [0.29, 0.717) is 18.5 Å². The summed E-state index contributed by atoms with van der Waals surface area (Å²) in [5.74, 6) is 0.789. The lowest BCUT2D eigenvalue weighted by Gasteiger charge is -2.21. The van der Waals surface area contributed by atoms with Crippen LogP contribution in [-0.2, 0) is 4.79 Å². The summed E-state index contributed by atoms with van der Waals surface area (Å²) in [5, 5.41) is 3.26. The molecule has 2 unspecified atom stereocenters. The van der Waals surface area contributed by atoms with Crippen molar-refractivity contribution in [1.29, 1.82) is 0 Å². The van der Waals surface area contributed by atoms with Crippen molar-refractivity contribution in [3.8, 4) is 0 Å². The van der Waals surface area contributed by atoms with Gasteiger partial charge in [-0.05, 0) is 19.8 Å². The van der Waals surface area contributed by atoms with Gasteiger partial charge in [0.25, 0.3) is 0 Å². The largest absolute Gasteiger partial charge is 0.345 e. The van der Waals surface area contributed by atoms with Crippen LogP contribution in [0.4, 0.5) is 0 Å². The fraction of sp³-hybridized carbons (Fsp3) is 0.909. The van der Waals surface area contributed by atoms with Gasteiger partial charge >= 0.3 is 0 Å². The van der Waals surface area contributed by atoms with Gasteiger partial charge in [0.1, 0.15) is 0 Å². The average molecular weight is 200 g/mol. The summed E-state index contributed by atoms with van der Waals surface area (Å²) < 4.78 is 0. The summed E-state index contributed by atoms with van der Waals surface area (Å²) >= 11 is 0. The molecule has 0 aliphatic carbocycles. The number of nitrogens with one attached hydrogen (secondary N) is 1. The van der Waals surface area contributed by atoms with Gasteiger partial charge in [0, 0.05) is 19.6 Å². The zero-order valence-corrected chi connectivity index (χ0v) is 10.1. The molecule has 0 saturated carbocycles. The van der Waals surface area contributed by atoms with Crippen molar-refractivity contribution in [3.63, 3.8) is 0 Å². The predicted molar refractivity (Wildman–Crippen MR) is 60.2 cm³/mol. The van der Waals surface area contributed by atoms with E-state index in [1.165, 1.54) is 0 Å². The molecule has 0 aliphatic rings. The number of rotatable bonds is 6. The molecule has 14 heavy (non-hydrogen) atoms. The second-order valence-corrected chi connectivity index (χ2v) is 3.96. The summed E-state index contributed by atoms with van der Waals surface area (Å²) in [5.41, 5.74) is 0. The molecule has 3 heteroatoms. The summed E-state index contributed by atoms with van der Waals surface area (Å²) in [4.78, 5) is 13.2. The van der Waals surface area contributed by atoms with E-state index in [1.54, 1.807) is 4.90 Å². The van der Waals surface area contributed by atoms with E-state index in [2.05, 4.69) is 26.1 Å². The van der Waals surface area contributed by atoms with Crippen LogP contribution in [0.2, 0.25) is 0 Å². The maximum absolute atomic E-state index is 11.5. The van der Waals surface area contributed by atoms with E-state index in [4.69, 9.17) is 0 Å². The minimum Gasteiger partial charge on any atom is -0.345 e. The molecule has 2 atom stereocenters. The van der Waals surface area contributed by atoms with E-state index < -0.39 is 0 Å². The van der Waals surface area contributed by atoms with Gasteiger partial charge < -0.3 is 10.2 Å². The van der Waals surface area contributed by atoms with Gasteiger partial charge in [-0.1, -0.05) is 20.3 Å². The molecule has 1 amide bonds. The standard InChI is InChI=1S/C11H24N2O/c1-6-9(3)10(4)12-8-11(14)13(5)7-2/h9-10,12H,6-8H2,1-5H3. The van der Waals surface area contributed by atoms with Crippen molar-refractivity contribution in [2.45, 2.75) is 40.2 Å². The van der Waals surface area contributed by atoms with Gasteiger partial charge in [-0.2, -0.15) is 0 Å². The molecule has 84 valence electrons. The third kappa shape index (κ3) is 4.61. The van der Waals surface area contributed by atoms with Crippen LogP contribution >= 0.6 is 0 Å². The summed E-state index contributed by atoms with van der Waals surface area (Å²) in [7, 11) is 1.83. The van der Waals surface area contributed by atoms with Crippen LogP contribution in [0.5, 0.6) is 0 Å². The van der Waals surface area contributed by atoms with E-state index >= 15 is 0 Å². The van der Waals surface area contributed by atoms with Crippen molar-refractivity contribution in [1.82, 2.24) is 10.2 Å². The van der Waals surface area contributed by atoms with Gasteiger partial charge in [-0.25, -0.2) is 0 Å². The first-order valence-corrected chi connectivity index (χ1v) is 5.50. The third-order valence-electron chi connectivity index (χ3n) is 2.97. The molecule has 0 aliphatic heterocycles. The first kappa shape index (κ1) is 13.4. The lowest BCUT2D eigenvalue weighted by Crippen LogP contribution is -2.41. The molecule has 0 spiro atoms. The minimum absolute atomic E-state index is 0.169. The Balaban J connectivity index is 3.77. The first-order valence-electron chi connectivity index (χ1n) is 5.50. The molecule has 0 aromatic rings. The average Bonchev–Trinajstić information content (AvgIpc) is 2.22. The Morgan fingerprint density at radius 1 is 1.36 bits per heavy atom.